The van der Waals surface area contributed by atoms with Crippen LogP contribution in [0.5, 0.6) is 0 Å². The van der Waals surface area contributed by atoms with Gasteiger partial charge in [-0.15, -0.1) is 11.8 Å². The lowest BCUT2D eigenvalue weighted by atomic mass is 10.2. The van der Waals surface area contributed by atoms with Crippen LogP contribution in [0.1, 0.15) is 6.42 Å². The van der Waals surface area contributed by atoms with Crippen molar-refractivity contribution in [2.24, 2.45) is 0 Å². The Bertz CT molecular complexity index is 279. The monoisotopic (exact) mass is 219 g/mol. The molecule has 0 saturated carbocycles. The minimum Gasteiger partial charge on any atom is -0.481 e. The largest absolute Gasteiger partial charge is 0.481 e. The Morgan fingerprint density at radius 1 is 1.36 bits per heavy atom. The molecule has 0 unspecified atom stereocenters. The summed E-state index contributed by atoms with van der Waals surface area (Å²) in [6, 6.07) is -0.883. The zero-order valence-electron chi connectivity index (χ0n) is 7.17. The Kier molecular flexibility index (Phi) is 3.34. The van der Waals surface area contributed by atoms with Crippen LogP contribution in [0.3, 0.4) is 0 Å². The molecule has 6 nitrogen and oxygen atoms in total. The molecule has 0 aliphatic carbocycles. The van der Waals surface area contributed by atoms with Crippen molar-refractivity contribution in [2.75, 3.05) is 11.6 Å². The summed E-state index contributed by atoms with van der Waals surface area (Å²) in [4.78, 5) is 33.2. The predicted molar refractivity (Wildman–Crippen MR) is 47.8 cm³/mol. The number of carboxylic acid groups (broad SMARTS) is 2. The molecule has 14 heavy (non-hydrogen) atoms. The van der Waals surface area contributed by atoms with Crippen LogP contribution in [0.15, 0.2) is 0 Å². The SMILES string of the molecule is O=C(O)CC(=O)N1CSC[C@H]1C(=O)O. The van der Waals surface area contributed by atoms with Gasteiger partial charge in [0.1, 0.15) is 12.5 Å². The highest BCUT2D eigenvalue weighted by molar-refractivity contribution is 7.99. The lowest BCUT2D eigenvalue weighted by Gasteiger charge is -2.19. The van der Waals surface area contributed by atoms with Crippen molar-refractivity contribution < 1.29 is 24.6 Å². The Morgan fingerprint density at radius 2 is 2.00 bits per heavy atom. The Labute approximate surface area is 83.9 Å². The van der Waals surface area contributed by atoms with Gasteiger partial charge in [0.2, 0.25) is 5.91 Å². The van der Waals surface area contributed by atoms with Crippen molar-refractivity contribution in [2.45, 2.75) is 12.5 Å². The molecule has 0 aromatic heterocycles. The Balaban J connectivity index is 2.62. The van der Waals surface area contributed by atoms with E-state index < -0.39 is 30.3 Å². The number of thioether (sulfide) groups is 1. The molecule has 78 valence electrons. The average Bonchev–Trinajstić information content (AvgIpc) is 2.49. The first-order valence-corrected chi connectivity index (χ1v) is 4.99. The molecular formula is C7H9NO5S. The molecule has 2 N–H and O–H groups in total. The number of nitrogens with zero attached hydrogens (tertiary/aromatic N) is 1. The van der Waals surface area contributed by atoms with Crippen LogP contribution < -0.4 is 0 Å². The summed E-state index contributed by atoms with van der Waals surface area (Å²) in [7, 11) is 0. The third kappa shape index (κ3) is 2.38. The van der Waals surface area contributed by atoms with Gasteiger partial charge in [0.05, 0.1) is 5.88 Å². The van der Waals surface area contributed by atoms with Gasteiger partial charge in [-0.3, -0.25) is 9.59 Å². The van der Waals surface area contributed by atoms with Gasteiger partial charge in [0.15, 0.2) is 0 Å². The van der Waals surface area contributed by atoms with E-state index in [0.717, 1.165) is 4.90 Å². The van der Waals surface area contributed by atoms with Crippen molar-refractivity contribution >= 4 is 29.6 Å². The topological polar surface area (TPSA) is 94.9 Å². The van der Waals surface area contributed by atoms with Crippen molar-refractivity contribution in [1.29, 1.82) is 0 Å². The zero-order valence-corrected chi connectivity index (χ0v) is 7.99. The lowest BCUT2D eigenvalue weighted by molar-refractivity contribution is -0.151. The summed E-state index contributed by atoms with van der Waals surface area (Å²) >= 11 is 1.31. The first-order valence-electron chi connectivity index (χ1n) is 3.84. The zero-order chi connectivity index (χ0) is 10.7. The van der Waals surface area contributed by atoms with E-state index in [1.807, 2.05) is 0 Å². The van der Waals surface area contributed by atoms with Gasteiger partial charge in [-0.1, -0.05) is 0 Å². The molecule has 0 bridgehead atoms. The number of carbonyl (C=O) groups is 3. The molecule has 1 aliphatic heterocycles. The van der Waals surface area contributed by atoms with Crippen LogP contribution in [0.25, 0.3) is 0 Å². The molecule has 1 aliphatic rings. The maximum atomic E-state index is 11.2. The van der Waals surface area contributed by atoms with Crippen LogP contribution in [-0.2, 0) is 14.4 Å². The van der Waals surface area contributed by atoms with Crippen LogP contribution in [0.2, 0.25) is 0 Å². The number of aliphatic carboxylic acids is 2. The fraction of sp³-hybridized carbons (Fsp3) is 0.571. The van der Waals surface area contributed by atoms with Crippen molar-refractivity contribution in [3.63, 3.8) is 0 Å². The second-order valence-electron chi connectivity index (χ2n) is 2.79. The van der Waals surface area contributed by atoms with Crippen LogP contribution >= 0.6 is 11.8 Å². The van der Waals surface area contributed by atoms with Crippen molar-refractivity contribution in [3.05, 3.63) is 0 Å². The minimum atomic E-state index is -1.24. The Morgan fingerprint density at radius 3 is 2.50 bits per heavy atom. The maximum absolute atomic E-state index is 11.2. The minimum absolute atomic E-state index is 0.253. The van der Waals surface area contributed by atoms with E-state index in [-0.39, 0.29) is 5.88 Å². The summed E-state index contributed by atoms with van der Waals surface area (Å²) < 4.78 is 0. The highest BCUT2D eigenvalue weighted by Crippen LogP contribution is 2.21. The number of amides is 1. The normalized spacial score (nSPS) is 20.9. The molecule has 0 aromatic rings. The molecule has 0 aromatic carbocycles. The lowest BCUT2D eigenvalue weighted by Crippen LogP contribution is -2.42. The fourth-order valence-corrected chi connectivity index (χ4v) is 2.30. The second kappa shape index (κ2) is 4.32. The van der Waals surface area contributed by atoms with E-state index in [4.69, 9.17) is 10.2 Å². The fourth-order valence-electron chi connectivity index (χ4n) is 1.12. The first-order chi connectivity index (χ1) is 6.52. The number of carbonyl (C=O) groups excluding carboxylic acids is 1. The molecule has 1 fully saturated rings. The highest BCUT2D eigenvalue weighted by atomic mass is 32.2. The van der Waals surface area contributed by atoms with Gasteiger partial charge < -0.3 is 15.1 Å². The van der Waals surface area contributed by atoms with Crippen LogP contribution in [0, 0.1) is 0 Å². The van der Waals surface area contributed by atoms with Gasteiger partial charge in [0, 0.05) is 5.75 Å². The number of hydrogen-bond donors (Lipinski definition) is 2. The maximum Gasteiger partial charge on any atom is 0.327 e. The van der Waals surface area contributed by atoms with Crippen LogP contribution in [-0.4, -0.2) is 50.6 Å². The molecule has 1 saturated heterocycles. The van der Waals surface area contributed by atoms with Crippen molar-refractivity contribution in [3.8, 4) is 0 Å². The number of hydrogen-bond acceptors (Lipinski definition) is 4. The molecule has 1 atom stereocenters. The summed E-state index contributed by atoms with van der Waals surface area (Å²) in [6.07, 6.45) is -0.648. The molecule has 7 heteroatoms. The second-order valence-corrected chi connectivity index (χ2v) is 3.79. The molecule has 0 radical (unpaired) electrons. The third-order valence-electron chi connectivity index (χ3n) is 1.79. The quantitative estimate of drug-likeness (QED) is 0.618. The summed E-state index contributed by atoms with van der Waals surface area (Å²) in [6.45, 7) is 0. The van der Waals surface area contributed by atoms with Crippen molar-refractivity contribution in [1.82, 2.24) is 4.90 Å². The Hall–Kier alpha value is -1.24. The average molecular weight is 219 g/mol. The van der Waals surface area contributed by atoms with E-state index in [1.165, 1.54) is 11.8 Å². The third-order valence-corrected chi connectivity index (χ3v) is 2.80. The summed E-state index contributed by atoms with van der Waals surface area (Å²) in [5.74, 6) is -2.40. The van der Waals surface area contributed by atoms with Crippen LogP contribution in [0.4, 0.5) is 0 Å². The summed E-state index contributed by atoms with van der Waals surface area (Å²) in [5, 5.41) is 17.1. The van der Waals surface area contributed by atoms with Gasteiger partial charge in [-0.05, 0) is 0 Å². The molecule has 0 spiro atoms. The molecule has 1 rings (SSSR count). The smallest absolute Gasteiger partial charge is 0.327 e. The van der Waals surface area contributed by atoms with E-state index in [0.29, 0.717) is 5.75 Å². The van der Waals surface area contributed by atoms with Gasteiger partial charge in [-0.25, -0.2) is 4.79 Å². The summed E-state index contributed by atoms with van der Waals surface area (Å²) in [5.41, 5.74) is 0. The standard InChI is InChI=1S/C7H9NO5S/c9-5(1-6(10)11)8-3-14-2-4(8)7(12)13/h4H,1-3H2,(H,10,11)(H,12,13)/t4-/m0/s1. The van der Waals surface area contributed by atoms with E-state index in [9.17, 15) is 14.4 Å². The first kappa shape index (κ1) is 10.8. The molecule has 1 amide bonds. The van der Waals surface area contributed by atoms with Gasteiger partial charge >= 0.3 is 11.9 Å². The van der Waals surface area contributed by atoms with E-state index >= 15 is 0 Å². The highest BCUT2D eigenvalue weighted by Gasteiger charge is 2.34. The van der Waals surface area contributed by atoms with E-state index in [1.54, 1.807) is 0 Å². The number of rotatable bonds is 3. The molecular weight excluding hydrogens is 210 g/mol. The van der Waals surface area contributed by atoms with Gasteiger partial charge in [0.25, 0.3) is 0 Å². The van der Waals surface area contributed by atoms with E-state index in [2.05, 4.69) is 0 Å². The van der Waals surface area contributed by atoms with Gasteiger partial charge in [-0.2, -0.15) is 0 Å². The molecule has 1 heterocycles. The number of carboxylic acids is 2. The predicted octanol–water partition coefficient (Wildman–Crippen LogP) is -0.553.